The highest BCUT2D eigenvalue weighted by atomic mass is 16.5. The lowest BCUT2D eigenvalue weighted by atomic mass is 9.87. The van der Waals surface area contributed by atoms with Crippen LogP contribution in [0.3, 0.4) is 0 Å². The smallest absolute Gasteiger partial charge is 0.0719 e. The van der Waals surface area contributed by atoms with Crippen LogP contribution in [0.4, 0.5) is 0 Å². The first kappa shape index (κ1) is 21.1. The van der Waals surface area contributed by atoms with E-state index in [-0.39, 0.29) is 18.2 Å². The van der Waals surface area contributed by atoms with Crippen molar-refractivity contribution in [2.75, 3.05) is 7.11 Å². The maximum atomic E-state index is 9.62. The van der Waals surface area contributed by atoms with Crippen molar-refractivity contribution < 1.29 is 4.74 Å². The Labute approximate surface area is 184 Å². The van der Waals surface area contributed by atoms with E-state index < -0.39 is 0 Å². The summed E-state index contributed by atoms with van der Waals surface area (Å²) in [5, 5.41) is 20.2. The maximum absolute atomic E-state index is 9.62. The molecule has 1 aliphatic heterocycles. The van der Waals surface area contributed by atoms with Gasteiger partial charge in [0.2, 0.25) is 0 Å². The second-order valence-corrected chi connectivity index (χ2v) is 8.29. The van der Waals surface area contributed by atoms with Gasteiger partial charge in [-0.15, -0.1) is 0 Å². The summed E-state index contributed by atoms with van der Waals surface area (Å²) in [6.07, 6.45) is 2.25. The van der Waals surface area contributed by atoms with Crippen LogP contribution in [0.15, 0.2) is 54.6 Å². The van der Waals surface area contributed by atoms with Gasteiger partial charge < -0.3 is 9.30 Å². The van der Waals surface area contributed by atoms with E-state index in [2.05, 4.69) is 77.2 Å². The number of fused-ring (bicyclic) bond motifs is 3. The Morgan fingerprint density at radius 2 is 1.81 bits per heavy atom. The number of benzene rings is 2. The largest absolute Gasteiger partial charge is 0.380 e. The van der Waals surface area contributed by atoms with E-state index in [1.165, 1.54) is 27.7 Å². The third kappa shape index (κ3) is 4.08. The van der Waals surface area contributed by atoms with Crippen molar-refractivity contribution in [3.8, 4) is 12.1 Å². The average Bonchev–Trinajstić information content (AvgIpc) is 3.08. The molecule has 0 aliphatic carbocycles. The van der Waals surface area contributed by atoms with Crippen molar-refractivity contribution in [2.45, 2.75) is 50.4 Å². The zero-order valence-corrected chi connectivity index (χ0v) is 18.2. The quantitative estimate of drug-likeness (QED) is 0.555. The lowest BCUT2D eigenvalue weighted by Gasteiger charge is -2.43. The Hall–Kier alpha value is -3.12. The predicted octanol–water partition coefficient (Wildman–Crippen LogP) is 4.88. The van der Waals surface area contributed by atoms with Crippen LogP contribution in [0.25, 0.3) is 10.9 Å². The molecule has 0 amide bonds. The second kappa shape index (κ2) is 9.35. The lowest BCUT2D eigenvalue weighted by molar-refractivity contribution is 0.0343. The van der Waals surface area contributed by atoms with Crippen LogP contribution in [-0.2, 0) is 24.8 Å². The molecule has 5 heteroatoms. The van der Waals surface area contributed by atoms with Crippen LogP contribution < -0.4 is 0 Å². The van der Waals surface area contributed by atoms with Gasteiger partial charge in [-0.3, -0.25) is 4.90 Å². The van der Waals surface area contributed by atoms with Crippen molar-refractivity contribution >= 4 is 10.9 Å². The molecule has 0 saturated carbocycles. The Bertz CT molecular complexity index is 1120. The number of methoxy groups -OCH3 is 1. The number of rotatable bonds is 7. The molecule has 1 aromatic heterocycles. The highest BCUT2D eigenvalue weighted by Gasteiger charge is 2.38. The fraction of sp³-hybridized carbons (Fsp3) is 0.385. The highest BCUT2D eigenvalue weighted by molar-refractivity contribution is 5.86. The third-order valence-corrected chi connectivity index (χ3v) is 6.56. The number of hydrogen-bond acceptors (Lipinski definition) is 4. The summed E-state index contributed by atoms with van der Waals surface area (Å²) in [4.78, 5) is 2.46. The van der Waals surface area contributed by atoms with Crippen LogP contribution in [0.1, 0.15) is 42.1 Å². The molecule has 1 unspecified atom stereocenters. The van der Waals surface area contributed by atoms with Gasteiger partial charge in [-0.05, 0) is 30.0 Å². The summed E-state index contributed by atoms with van der Waals surface area (Å²) in [5.41, 5.74) is 5.06. The van der Waals surface area contributed by atoms with Gasteiger partial charge >= 0.3 is 0 Å². The highest BCUT2D eigenvalue weighted by Crippen LogP contribution is 2.43. The van der Waals surface area contributed by atoms with Crippen LogP contribution in [0, 0.1) is 22.7 Å². The monoisotopic (exact) mass is 412 g/mol. The molecule has 31 heavy (non-hydrogen) atoms. The summed E-state index contributed by atoms with van der Waals surface area (Å²) in [6.45, 7) is 0.766. The van der Waals surface area contributed by atoms with Gasteiger partial charge in [-0.2, -0.15) is 10.5 Å². The van der Waals surface area contributed by atoms with Crippen LogP contribution in [0.2, 0.25) is 0 Å². The van der Waals surface area contributed by atoms with E-state index in [9.17, 15) is 10.5 Å². The number of ether oxygens (including phenoxy) is 1. The molecule has 2 aromatic carbocycles. The van der Waals surface area contributed by atoms with Crippen LogP contribution in [0.5, 0.6) is 0 Å². The van der Waals surface area contributed by atoms with E-state index in [4.69, 9.17) is 4.74 Å². The van der Waals surface area contributed by atoms with Gasteiger partial charge in [0, 0.05) is 43.3 Å². The topological polar surface area (TPSA) is 65.0 Å². The number of nitriles is 2. The molecule has 0 spiro atoms. The molecule has 5 nitrogen and oxygen atoms in total. The van der Waals surface area contributed by atoms with E-state index in [0.29, 0.717) is 12.8 Å². The van der Waals surface area contributed by atoms with E-state index in [1.807, 2.05) is 6.07 Å². The summed E-state index contributed by atoms with van der Waals surface area (Å²) >= 11 is 0. The molecule has 2 heterocycles. The van der Waals surface area contributed by atoms with Gasteiger partial charge in [0.25, 0.3) is 0 Å². The molecule has 0 saturated heterocycles. The molecule has 0 fully saturated rings. The Kier molecular flexibility index (Phi) is 6.37. The maximum Gasteiger partial charge on any atom is 0.0719 e. The molecule has 158 valence electrons. The standard InChI is InChI=1S/C26H28N4O/c1-29-24-11-7-6-10-22(24)23-16-20(12-14-27)30(18-19-8-4-3-5-9-19)25(26(23)29)17-21(31-2)13-15-28/h3-11,20-21,25H,12-13,16-18H2,1-2H3/t20-,21?,25+/m1/s1. The van der Waals surface area contributed by atoms with Crippen molar-refractivity contribution in [1.82, 2.24) is 9.47 Å². The third-order valence-electron chi connectivity index (χ3n) is 6.56. The molecule has 1 aliphatic rings. The summed E-state index contributed by atoms with van der Waals surface area (Å²) in [7, 11) is 3.81. The van der Waals surface area contributed by atoms with E-state index in [0.717, 1.165) is 19.4 Å². The van der Waals surface area contributed by atoms with Gasteiger partial charge in [-0.1, -0.05) is 48.5 Å². The second-order valence-electron chi connectivity index (χ2n) is 8.29. The van der Waals surface area contributed by atoms with Crippen LogP contribution in [-0.4, -0.2) is 28.7 Å². The van der Waals surface area contributed by atoms with Crippen molar-refractivity contribution in [3.63, 3.8) is 0 Å². The minimum atomic E-state index is -0.153. The minimum absolute atomic E-state index is 0.0676. The number of aromatic nitrogens is 1. The van der Waals surface area contributed by atoms with Gasteiger partial charge in [-0.25, -0.2) is 0 Å². The normalized spacial score (nSPS) is 19.5. The lowest BCUT2D eigenvalue weighted by Crippen LogP contribution is -2.45. The van der Waals surface area contributed by atoms with Crippen molar-refractivity contribution in [1.29, 1.82) is 10.5 Å². The number of para-hydroxylation sites is 1. The Morgan fingerprint density at radius 3 is 2.52 bits per heavy atom. The molecule has 0 N–H and O–H groups in total. The number of aryl methyl sites for hydroxylation is 1. The first-order chi connectivity index (χ1) is 15.2. The molecule has 0 radical (unpaired) electrons. The first-order valence-corrected chi connectivity index (χ1v) is 10.8. The zero-order valence-electron chi connectivity index (χ0n) is 18.2. The fourth-order valence-corrected chi connectivity index (χ4v) is 5.08. The van der Waals surface area contributed by atoms with Gasteiger partial charge in [0.05, 0.1) is 37.1 Å². The SMILES string of the molecule is COC(CC#N)C[C@H]1c2c(c3ccccc3n2C)C[C@@H](CC#N)N1Cc1ccccc1. The summed E-state index contributed by atoms with van der Waals surface area (Å²) < 4.78 is 7.99. The molecule has 3 aromatic rings. The predicted molar refractivity (Wildman–Crippen MR) is 121 cm³/mol. The minimum Gasteiger partial charge on any atom is -0.380 e. The molecular formula is C26H28N4O. The Balaban J connectivity index is 1.84. The average molecular weight is 413 g/mol. The zero-order chi connectivity index (χ0) is 21.8. The van der Waals surface area contributed by atoms with Crippen molar-refractivity contribution in [2.24, 2.45) is 7.05 Å². The molecular weight excluding hydrogens is 384 g/mol. The summed E-state index contributed by atoms with van der Waals surface area (Å²) in [5.74, 6) is 0. The summed E-state index contributed by atoms with van der Waals surface area (Å²) in [6, 6.07) is 23.8. The molecule has 0 bridgehead atoms. The molecule has 4 rings (SSSR count). The van der Waals surface area contributed by atoms with E-state index in [1.54, 1.807) is 7.11 Å². The Morgan fingerprint density at radius 1 is 1.06 bits per heavy atom. The van der Waals surface area contributed by atoms with Crippen LogP contribution >= 0.6 is 0 Å². The van der Waals surface area contributed by atoms with Gasteiger partial charge in [0.15, 0.2) is 0 Å². The number of nitrogens with zero attached hydrogens (tertiary/aromatic N) is 4. The number of hydrogen-bond donors (Lipinski definition) is 0. The van der Waals surface area contributed by atoms with E-state index >= 15 is 0 Å². The van der Waals surface area contributed by atoms with Gasteiger partial charge in [0.1, 0.15) is 0 Å². The molecule has 3 atom stereocenters. The first-order valence-electron chi connectivity index (χ1n) is 10.8. The van der Waals surface area contributed by atoms with Crippen molar-refractivity contribution in [3.05, 3.63) is 71.4 Å². The fourth-order valence-electron chi connectivity index (χ4n) is 5.08.